The number of aromatic nitrogens is 4. The van der Waals surface area contributed by atoms with Crippen molar-refractivity contribution in [2.24, 2.45) is 7.05 Å². The molecule has 1 atom stereocenters. The number of imidazole rings is 1. The number of aryl methyl sites for hydroxylation is 1. The van der Waals surface area contributed by atoms with Gasteiger partial charge in [-0.2, -0.15) is 5.10 Å². The average molecular weight is 412 g/mol. The van der Waals surface area contributed by atoms with E-state index in [4.69, 9.17) is 4.74 Å². The van der Waals surface area contributed by atoms with Crippen LogP contribution in [-0.4, -0.2) is 43.7 Å². The number of ether oxygens (including phenoxy) is 1. The normalized spacial score (nSPS) is 16.2. The molecule has 2 N–H and O–H groups in total. The van der Waals surface area contributed by atoms with Gasteiger partial charge in [0.2, 0.25) is 0 Å². The lowest BCUT2D eigenvalue weighted by atomic mass is 10.1. The summed E-state index contributed by atoms with van der Waals surface area (Å²) < 4.78 is 8.56. The molecule has 0 fully saturated rings. The summed E-state index contributed by atoms with van der Waals surface area (Å²) in [6.45, 7) is 3.92. The second kappa shape index (κ2) is 7.55. The Bertz CT molecular complexity index is 1150. The number of nitrogens with one attached hydrogen (secondary N) is 2. The molecule has 1 unspecified atom stereocenters. The van der Waals surface area contributed by atoms with Crippen LogP contribution in [-0.2, 0) is 16.6 Å². The van der Waals surface area contributed by atoms with Crippen molar-refractivity contribution in [2.45, 2.75) is 19.9 Å². The number of hydrogen-bond donors (Lipinski definition) is 2. The van der Waals surface area contributed by atoms with E-state index in [-0.39, 0.29) is 18.6 Å². The first kappa shape index (κ1) is 18.9. The van der Waals surface area contributed by atoms with Gasteiger partial charge in [-0.25, -0.2) is 14.3 Å². The molecular weight excluding hydrogens is 392 g/mol. The second-order valence-corrected chi connectivity index (χ2v) is 7.62. The molecule has 0 bridgehead atoms. The van der Waals surface area contributed by atoms with Crippen LogP contribution >= 0.6 is 11.3 Å². The maximum absolute atomic E-state index is 12.9. The van der Waals surface area contributed by atoms with Crippen molar-refractivity contribution in [3.63, 3.8) is 0 Å². The quantitative estimate of drug-likeness (QED) is 0.620. The fourth-order valence-electron chi connectivity index (χ4n) is 2.91. The maximum atomic E-state index is 12.9. The van der Waals surface area contributed by atoms with Crippen LogP contribution in [0.2, 0.25) is 0 Å². The van der Waals surface area contributed by atoms with Crippen LogP contribution in [0.15, 0.2) is 48.5 Å². The largest absolute Gasteiger partial charge is 0.462 e. The van der Waals surface area contributed by atoms with E-state index in [1.54, 1.807) is 30.0 Å². The molecule has 150 valence electrons. The predicted molar refractivity (Wildman–Crippen MR) is 108 cm³/mol. The zero-order valence-corrected chi connectivity index (χ0v) is 17.0. The molecule has 10 heteroatoms. The van der Waals surface area contributed by atoms with Crippen molar-refractivity contribution in [1.82, 2.24) is 29.8 Å². The van der Waals surface area contributed by atoms with Gasteiger partial charge in [0.25, 0.3) is 5.91 Å². The van der Waals surface area contributed by atoms with Crippen molar-refractivity contribution in [1.29, 1.82) is 0 Å². The first-order chi connectivity index (χ1) is 14.0. The zero-order valence-electron chi connectivity index (χ0n) is 16.2. The van der Waals surface area contributed by atoms with Crippen LogP contribution in [0.3, 0.4) is 0 Å². The van der Waals surface area contributed by atoms with Crippen molar-refractivity contribution in [3.8, 4) is 10.6 Å². The van der Waals surface area contributed by atoms with Crippen LogP contribution in [0.25, 0.3) is 15.4 Å². The van der Waals surface area contributed by atoms with E-state index in [1.165, 1.54) is 17.5 Å². The highest BCUT2D eigenvalue weighted by Crippen LogP contribution is 2.29. The van der Waals surface area contributed by atoms with E-state index in [1.807, 2.05) is 30.9 Å². The van der Waals surface area contributed by atoms with E-state index in [2.05, 4.69) is 20.7 Å². The van der Waals surface area contributed by atoms with E-state index in [0.717, 1.165) is 15.4 Å². The standard InChI is InChI=1S/C19H20N6O3S/c1-4-28-19(27)12-5-14(11(2)20-6-12)23-17(26)13-7-22-25-9-16(29-18(13)25)15-8-24(3)10-21-15/h5-11,20H,4H2,1-3H3,(H,23,26). The van der Waals surface area contributed by atoms with E-state index in [9.17, 15) is 9.59 Å². The highest BCUT2D eigenvalue weighted by atomic mass is 32.1. The van der Waals surface area contributed by atoms with E-state index < -0.39 is 5.97 Å². The molecule has 0 aliphatic carbocycles. The Morgan fingerprint density at radius 2 is 2.21 bits per heavy atom. The van der Waals surface area contributed by atoms with E-state index in [0.29, 0.717) is 16.8 Å². The molecule has 1 aliphatic heterocycles. The lowest BCUT2D eigenvalue weighted by molar-refractivity contribution is -0.138. The fraction of sp³-hybridized carbons (Fsp3) is 0.263. The Hall–Kier alpha value is -3.40. The first-order valence-corrected chi connectivity index (χ1v) is 9.89. The van der Waals surface area contributed by atoms with Crippen LogP contribution in [0, 0.1) is 0 Å². The number of fused-ring (bicyclic) bond motifs is 1. The maximum Gasteiger partial charge on any atom is 0.339 e. The molecule has 3 aromatic heterocycles. The Balaban J connectivity index is 1.58. The molecule has 9 nitrogen and oxygen atoms in total. The van der Waals surface area contributed by atoms with Gasteiger partial charge < -0.3 is 19.9 Å². The number of hydrogen-bond acceptors (Lipinski definition) is 7. The number of nitrogens with zero attached hydrogens (tertiary/aromatic N) is 4. The topological polar surface area (TPSA) is 103 Å². The van der Waals surface area contributed by atoms with E-state index >= 15 is 0 Å². The second-order valence-electron chi connectivity index (χ2n) is 6.59. The molecular formula is C19H20N6O3S. The minimum absolute atomic E-state index is 0.157. The van der Waals surface area contributed by atoms with Gasteiger partial charge in [0.15, 0.2) is 0 Å². The molecule has 0 saturated carbocycles. The number of esters is 1. The fourth-order valence-corrected chi connectivity index (χ4v) is 3.93. The molecule has 1 aliphatic rings. The summed E-state index contributed by atoms with van der Waals surface area (Å²) in [7, 11) is 1.90. The minimum atomic E-state index is -0.440. The molecule has 4 rings (SSSR count). The summed E-state index contributed by atoms with van der Waals surface area (Å²) in [5.74, 6) is -0.732. The van der Waals surface area contributed by atoms with Gasteiger partial charge in [0.05, 0.1) is 46.9 Å². The smallest absolute Gasteiger partial charge is 0.339 e. The predicted octanol–water partition coefficient (Wildman–Crippen LogP) is 1.85. The van der Waals surface area contributed by atoms with Crippen LogP contribution in [0.4, 0.5) is 0 Å². The minimum Gasteiger partial charge on any atom is -0.462 e. The Kier molecular flexibility index (Phi) is 4.93. The molecule has 29 heavy (non-hydrogen) atoms. The molecule has 0 saturated heterocycles. The van der Waals surface area contributed by atoms with Crippen molar-refractivity contribution >= 4 is 28.0 Å². The lowest BCUT2D eigenvalue weighted by Crippen LogP contribution is -2.37. The van der Waals surface area contributed by atoms with Crippen molar-refractivity contribution < 1.29 is 14.3 Å². The summed E-state index contributed by atoms with van der Waals surface area (Å²) in [4.78, 5) is 30.9. The molecule has 3 aromatic rings. The summed E-state index contributed by atoms with van der Waals surface area (Å²) in [5.41, 5.74) is 2.22. The molecule has 0 radical (unpaired) electrons. The number of carbonyl (C=O) groups is 2. The third kappa shape index (κ3) is 3.66. The molecule has 1 amide bonds. The first-order valence-electron chi connectivity index (χ1n) is 9.08. The summed E-state index contributed by atoms with van der Waals surface area (Å²) in [5, 5.41) is 10.2. The molecule has 0 spiro atoms. The van der Waals surface area contributed by atoms with Gasteiger partial charge in [-0.05, 0) is 19.9 Å². The summed E-state index contributed by atoms with van der Waals surface area (Å²) in [6.07, 6.45) is 10.2. The Morgan fingerprint density at radius 1 is 1.38 bits per heavy atom. The number of rotatable bonds is 5. The van der Waals surface area contributed by atoms with Gasteiger partial charge in [0.1, 0.15) is 4.83 Å². The summed E-state index contributed by atoms with van der Waals surface area (Å²) >= 11 is 1.44. The highest BCUT2D eigenvalue weighted by Gasteiger charge is 2.22. The van der Waals surface area contributed by atoms with Crippen LogP contribution in [0.5, 0.6) is 0 Å². The van der Waals surface area contributed by atoms with Gasteiger partial charge in [-0.3, -0.25) is 4.79 Å². The highest BCUT2D eigenvalue weighted by molar-refractivity contribution is 7.21. The van der Waals surface area contributed by atoms with Gasteiger partial charge >= 0.3 is 5.97 Å². The lowest BCUT2D eigenvalue weighted by Gasteiger charge is -2.22. The zero-order chi connectivity index (χ0) is 20.5. The number of thiazole rings is 1. The van der Waals surface area contributed by atoms with Gasteiger partial charge in [-0.15, -0.1) is 11.3 Å². The average Bonchev–Trinajstić information content (AvgIpc) is 3.38. The number of amides is 1. The number of dihydropyridines is 1. The van der Waals surface area contributed by atoms with Crippen LogP contribution < -0.4 is 10.6 Å². The third-order valence-corrected chi connectivity index (χ3v) is 5.57. The SMILES string of the molecule is CCOC(=O)C1=CNC(C)C(NC(=O)c2cnn3cc(-c4cn(C)cn4)sc23)=C1. The molecule has 0 aromatic carbocycles. The third-order valence-electron chi connectivity index (χ3n) is 4.43. The molecule has 4 heterocycles. The monoisotopic (exact) mass is 412 g/mol. The Morgan fingerprint density at radius 3 is 2.93 bits per heavy atom. The van der Waals surface area contributed by atoms with Crippen molar-refractivity contribution in [3.05, 3.63) is 54.0 Å². The van der Waals surface area contributed by atoms with Gasteiger partial charge in [0, 0.05) is 31.3 Å². The van der Waals surface area contributed by atoms with Crippen molar-refractivity contribution in [2.75, 3.05) is 6.61 Å². The number of carbonyl (C=O) groups excluding carboxylic acids is 2. The van der Waals surface area contributed by atoms with Gasteiger partial charge in [-0.1, -0.05) is 0 Å². The summed E-state index contributed by atoms with van der Waals surface area (Å²) in [6, 6.07) is -0.157. The Labute approximate surface area is 170 Å². The van der Waals surface area contributed by atoms with Crippen LogP contribution in [0.1, 0.15) is 24.2 Å².